The summed E-state index contributed by atoms with van der Waals surface area (Å²) in [5.74, 6) is 1.81. The molecule has 2 aliphatic heterocycles. The average molecular weight is 479 g/mol. The highest BCUT2D eigenvalue weighted by molar-refractivity contribution is 6.35. The van der Waals surface area contributed by atoms with Gasteiger partial charge < -0.3 is 25.4 Å². The van der Waals surface area contributed by atoms with E-state index in [1.165, 1.54) is 6.20 Å². The summed E-state index contributed by atoms with van der Waals surface area (Å²) in [5, 5.41) is 9.71. The van der Waals surface area contributed by atoms with Crippen LogP contribution in [-0.4, -0.2) is 59.8 Å². The van der Waals surface area contributed by atoms with Crippen LogP contribution >= 0.6 is 23.2 Å². The third kappa shape index (κ3) is 5.66. The third-order valence-electron chi connectivity index (χ3n) is 5.23. The maximum atomic E-state index is 12.5. The fourth-order valence-corrected chi connectivity index (χ4v) is 3.92. The minimum Gasteiger partial charge on any atom is -0.499 e. The zero-order chi connectivity index (χ0) is 22.5. The molecule has 0 aromatic carbocycles. The van der Waals surface area contributed by atoms with E-state index in [9.17, 15) is 4.79 Å². The molecule has 0 aliphatic carbocycles. The Balaban J connectivity index is 1.49. The second-order valence-corrected chi connectivity index (χ2v) is 8.39. The molecule has 9 nitrogen and oxygen atoms in total. The number of hydrogen-bond donors (Lipinski definition) is 3. The number of pyridine rings is 1. The number of anilines is 2. The standard InChI is InChI=1S/C21H24Cl2N6O3/c1-12-6-13(2-4-31-12)8-25-18-11-27-20(23)19(28-18)14-7-17(26-9-15(14)22)29-21(30)16-10-24-3-5-32-16/h7,9,11,13,16,24H,1-6,8,10H2,(H,25,28)(H,26,29,30)/t13-,16+/m0/s1. The Morgan fingerprint density at radius 2 is 2.12 bits per heavy atom. The van der Waals surface area contributed by atoms with Gasteiger partial charge in [-0.15, -0.1) is 0 Å². The zero-order valence-electron chi connectivity index (χ0n) is 17.4. The minimum atomic E-state index is -0.582. The maximum absolute atomic E-state index is 12.5. The number of nitrogens with zero attached hydrogens (tertiary/aromatic N) is 3. The number of aromatic nitrogens is 3. The van der Waals surface area contributed by atoms with Crippen molar-refractivity contribution in [3.63, 3.8) is 0 Å². The summed E-state index contributed by atoms with van der Waals surface area (Å²) in [7, 11) is 0. The first-order chi connectivity index (χ1) is 15.5. The molecule has 2 aromatic rings. The van der Waals surface area contributed by atoms with Crippen LogP contribution < -0.4 is 16.0 Å². The monoisotopic (exact) mass is 478 g/mol. The number of rotatable bonds is 6. The van der Waals surface area contributed by atoms with Crippen molar-refractivity contribution in [3.05, 3.63) is 41.0 Å². The summed E-state index contributed by atoms with van der Waals surface area (Å²) >= 11 is 12.7. The smallest absolute Gasteiger partial charge is 0.255 e. The highest BCUT2D eigenvalue weighted by atomic mass is 35.5. The van der Waals surface area contributed by atoms with E-state index in [2.05, 4.69) is 37.5 Å². The van der Waals surface area contributed by atoms with E-state index >= 15 is 0 Å². The predicted octanol–water partition coefficient (Wildman–Crippen LogP) is 3.12. The fraction of sp³-hybridized carbons (Fsp3) is 0.429. The fourth-order valence-electron chi connectivity index (χ4n) is 3.54. The summed E-state index contributed by atoms with van der Waals surface area (Å²) in [5.41, 5.74) is 0.909. The third-order valence-corrected chi connectivity index (χ3v) is 5.81. The molecule has 0 spiro atoms. The Kier molecular flexibility index (Phi) is 7.41. The average Bonchev–Trinajstić information content (AvgIpc) is 2.80. The molecule has 2 aromatic heterocycles. The molecule has 2 aliphatic rings. The lowest BCUT2D eigenvalue weighted by Crippen LogP contribution is -2.45. The zero-order valence-corrected chi connectivity index (χ0v) is 18.9. The van der Waals surface area contributed by atoms with Crippen LogP contribution in [0.25, 0.3) is 11.3 Å². The molecule has 0 radical (unpaired) electrons. The topological polar surface area (TPSA) is 110 Å². The molecule has 0 unspecified atom stereocenters. The first-order valence-electron chi connectivity index (χ1n) is 10.4. The number of allylic oxidation sites excluding steroid dienone is 1. The van der Waals surface area contributed by atoms with Crippen LogP contribution in [0.15, 0.2) is 30.8 Å². The molecule has 4 rings (SSSR count). The molecule has 32 heavy (non-hydrogen) atoms. The van der Waals surface area contributed by atoms with E-state index < -0.39 is 6.10 Å². The van der Waals surface area contributed by atoms with Crippen LogP contribution in [0, 0.1) is 5.92 Å². The minimum absolute atomic E-state index is 0.195. The van der Waals surface area contributed by atoms with Gasteiger partial charge in [-0.2, -0.15) is 0 Å². The quantitative estimate of drug-likeness (QED) is 0.580. The van der Waals surface area contributed by atoms with Crippen LogP contribution in [0.1, 0.15) is 12.8 Å². The van der Waals surface area contributed by atoms with Crippen LogP contribution in [0.3, 0.4) is 0 Å². The molecule has 170 valence electrons. The van der Waals surface area contributed by atoms with Gasteiger partial charge in [0.15, 0.2) is 5.15 Å². The lowest BCUT2D eigenvalue weighted by atomic mass is 9.99. The van der Waals surface area contributed by atoms with Crippen LogP contribution in [0.2, 0.25) is 10.2 Å². The second kappa shape index (κ2) is 10.4. The number of carbonyl (C=O) groups is 1. The Morgan fingerprint density at radius 3 is 2.91 bits per heavy atom. The molecular formula is C21H24Cl2N6O3. The normalized spacial score (nSPS) is 21.0. The predicted molar refractivity (Wildman–Crippen MR) is 123 cm³/mol. The highest BCUT2D eigenvalue weighted by Crippen LogP contribution is 2.33. The maximum Gasteiger partial charge on any atom is 0.255 e. The lowest BCUT2D eigenvalue weighted by molar-refractivity contribution is -0.128. The van der Waals surface area contributed by atoms with Crippen molar-refractivity contribution < 1.29 is 14.3 Å². The van der Waals surface area contributed by atoms with E-state index in [4.69, 9.17) is 32.7 Å². The van der Waals surface area contributed by atoms with E-state index in [0.29, 0.717) is 60.1 Å². The van der Waals surface area contributed by atoms with Gasteiger partial charge in [-0.3, -0.25) is 4.79 Å². The number of nitrogens with one attached hydrogen (secondary N) is 3. The Bertz CT molecular complexity index is 999. The van der Waals surface area contributed by atoms with Crippen molar-refractivity contribution in [1.82, 2.24) is 20.3 Å². The number of hydrogen-bond acceptors (Lipinski definition) is 8. The van der Waals surface area contributed by atoms with Crippen molar-refractivity contribution in [2.24, 2.45) is 5.92 Å². The van der Waals surface area contributed by atoms with Gasteiger partial charge >= 0.3 is 0 Å². The summed E-state index contributed by atoms with van der Waals surface area (Å²) in [4.78, 5) is 25.5. The van der Waals surface area contributed by atoms with Crippen molar-refractivity contribution in [3.8, 4) is 11.3 Å². The van der Waals surface area contributed by atoms with Gasteiger partial charge in [-0.25, -0.2) is 15.0 Å². The SMILES string of the molecule is C=C1C[C@@H](CNc2cnc(Cl)c(-c3cc(NC(=O)[C@H]4CNCCO4)ncc3Cl)n2)CCO1. The number of carbonyl (C=O) groups excluding carboxylic acids is 1. The lowest BCUT2D eigenvalue weighted by Gasteiger charge is -2.24. The van der Waals surface area contributed by atoms with Gasteiger partial charge in [0.1, 0.15) is 23.4 Å². The van der Waals surface area contributed by atoms with Crippen molar-refractivity contribution in [2.45, 2.75) is 18.9 Å². The summed E-state index contributed by atoms with van der Waals surface area (Å²) in [6.07, 6.45) is 4.19. The van der Waals surface area contributed by atoms with Crippen molar-refractivity contribution >= 4 is 40.7 Å². The van der Waals surface area contributed by atoms with Gasteiger partial charge in [0.2, 0.25) is 0 Å². The molecular weight excluding hydrogens is 455 g/mol. The molecule has 2 fully saturated rings. The van der Waals surface area contributed by atoms with Gasteiger partial charge in [-0.1, -0.05) is 29.8 Å². The van der Waals surface area contributed by atoms with Crippen LogP contribution in [0.5, 0.6) is 0 Å². The van der Waals surface area contributed by atoms with Gasteiger partial charge in [-0.05, 0) is 18.4 Å². The highest BCUT2D eigenvalue weighted by Gasteiger charge is 2.23. The Labute approximate surface area is 195 Å². The van der Waals surface area contributed by atoms with E-state index in [1.807, 2.05) is 0 Å². The van der Waals surface area contributed by atoms with Crippen molar-refractivity contribution in [2.75, 3.05) is 43.5 Å². The van der Waals surface area contributed by atoms with Gasteiger partial charge in [0, 0.05) is 37.8 Å². The number of ether oxygens (including phenoxy) is 2. The van der Waals surface area contributed by atoms with Crippen LogP contribution in [-0.2, 0) is 14.3 Å². The van der Waals surface area contributed by atoms with Crippen LogP contribution in [0.4, 0.5) is 11.6 Å². The van der Waals surface area contributed by atoms with Gasteiger partial charge in [0.05, 0.1) is 30.2 Å². The Morgan fingerprint density at radius 1 is 1.25 bits per heavy atom. The molecule has 2 atom stereocenters. The molecule has 4 heterocycles. The number of halogens is 2. The molecule has 1 amide bonds. The van der Waals surface area contributed by atoms with Gasteiger partial charge in [0.25, 0.3) is 5.91 Å². The molecule has 11 heteroatoms. The second-order valence-electron chi connectivity index (χ2n) is 7.62. The number of morpholine rings is 1. The van der Waals surface area contributed by atoms with E-state index in [1.54, 1.807) is 12.3 Å². The molecule has 0 saturated carbocycles. The molecule has 2 saturated heterocycles. The summed E-state index contributed by atoms with van der Waals surface area (Å²) in [6, 6.07) is 1.62. The molecule has 3 N–H and O–H groups in total. The largest absolute Gasteiger partial charge is 0.499 e. The Hall–Kier alpha value is -2.46. The van der Waals surface area contributed by atoms with E-state index in [-0.39, 0.29) is 11.1 Å². The molecule has 0 bridgehead atoms. The van der Waals surface area contributed by atoms with E-state index in [0.717, 1.165) is 25.1 Å². The summed E-state index contributed by atoms with van der Waals surface area (Å²) < 4.78 is 10.9. The first kappa shape index (κ1) is 22.7. The van der Waals surface area contributed by atoms with Crippen molar-refractivity contribution in [1.29, 1.82) is 0 Å². The first-order valence-corrected chi connectivity index (χ1v) is 11.1. The number of amides is 1. The summed E-state index contributed by atoms with van der Waals surface area (Å²) in [6.45, 7) is 6.91.